The van der Waals surface area contributed by atoms with Gasteiger partial charge in [0.1, 0.15) is 6.04 Å². The van der Waals surface area contributed by atoms with Gasteiger partial charge in [0.2, 0.25) is 5.91 Å². The maximum atomic E-state index is 11.9. The van der Waals surface area contributed by atoms with E-state index in [1.165, 1.54) is 0 Å². The fourth-order valence-corrected chi connectivity index (χ4v) is 1.99. The van der Waals surface area contributed by atoms with Gasteiger partial charge < -0.3 is 10.4 Å². The number of carboxylic acid groups (broad SMARTS) is 1. The molecular formula is C15H21NO3. The lowest BCUT2D eigenvalue weighted by atomic mass is 10.0. The number of hydrogen-bond acceptors (Lipinski definition) is 2. The molecule has 0 aliphatic heterocycles. The first-order valence-electron chi connectivity index (χ1n) is 6.54. The van der Waals surface area contributed by atoms with Crippen LogP contribution in [0.25, 0.3) is 0 Å². The molecule has 0 saturated heterocycles. The molecule has 0 aliphatic carbocycles. The van der Waals surface area contributed by atoms with Crippen LogP contribution in [-0.2, 0) is 22.4 Å². The van der Waals surface area contributed by atoms with Gasteiger partial charge in [0.05, 0.1) is 6.42 Å². The molecule has 1 aromatic rings. The summed E-state index contributed by atoms with van der Waals surface area (Å²) in [5.74, 6) is -1.38. The molecule has 0 heterocycles. The number of carbonyl (C=O) groups excluding carboxylic acids is 1. The third-order valence-electron chi connectivity index (χ3n) is 3.10. The van der Waals surface area contributed by atoms with Crippen molar-refractivity contribution in [2.75, 3.05) is 0 Å². The summed E-state index contributed by atoms with van der Waals surface area (Å²) in [7, 11) is 0. The van der Waals surface area contributed by atoms with Gasteiger partial charge in [0.25, 0.3) is 0 Å². The molecule has 0 radical (unpaired) electrons. The monoisotopic (exact) mass is 263 g/mol. The van der Waals surface area contributed by atoms with Crippen LogP contribution in [0.4, 0.5) is 0 Å². The fraction of sp³-hybridized carbons (Fsp3) is 0.467. The first kappa shape index (κ1) is 15.2. The van der Waals surface area contributed by atoms with Crippen LogP contribution in [0, 0.1) is 5.92 Å². The highest BCUT2D eigenvalue weighted by Crippen LogP contribution is 2.11. The number of carboxylic acids is 1. The summed E-state index contributed by atoms with van der Waals surface area (Å²) < 4.78 is 0. The quantitative estimate of drug-likeness (QED) is 0.825. The average Bonchev–Trinajstić information content (AvgIpc) is 2.36. The van der Waals surface area contributed by atoms with Crippen molar-refractivity contribution in [3.05, 3.63) is 35.4 Å². The fourth-order valence-electron chi connectivity index (χ4n) is 1.99. The Kier molecular flexibility index (Phi) is 5.55. The van der Waals surface area contributed by atoms with E-state index in [2.05, 4.69) is 5.32 Å². The third-order valence-corrected chi connectivity index (χ3v) is 3.10. The summed E-state index contributed by atoms with van der Waals surface area (Å²) in [5.41, 5.74) is 2.07. The van der Waals surface area contributed by atoms with Gasteiger partial charge in [0, 0.05) is 0 Å². The van der Waals surface area contributed by atoms with Gasteiger partial charge in [-0.15, -0.1) is 0 Å². The minimum Gasteiger partial charge on any atom is -0.480 e. The second kappa shape index (κ2) is 6.92. The van der Waals surface area contributed by atoms with E-state index >= 15 is 0 Å². The number of nitrogens with one attached hydrogen (secondary N) is 1. The molecule has 4 heteroatoms. The number of aliphatic carboxylic acids is 1. The van der Waals surface area contributed by atoms with Crippen LogP contribution < -0.4 is 5.32 Å². The van der Waals surface area contributed by atoms with E-state index in [9.17, 15) is 9.59 Å². The summed E-state index contributed by atoms with van der Waals surface area (Å²) in [6.45, 7) is 5.59. The Morgan fingerprint density at radius 1 is 1.21 bits per heavy atom. The van der Waals surface area contributed by atoms with E-state index in [-0.39, 0.29) is 18.2 Å². The van der Waals surface area contributed by atoms with Crippen molar-refractivity contribution in [1.29, 1.82) is 0 Å². The molecule has 1 atom stereocenters. The molecular weight excluding hydrogens is 242 g/mol. The second-order valence-electron chi connectivity index (χ2n) is 4.93. The molecule has 0 fully saturated rings. The zero-order chi connectivity index (χ0) is 14.4. The van der Waals surface area contributed by atoms with Gasteiger partial charge in [-0.1, -0.05) is 45.0 Å². The molecule has 0 aliphatic rings. The zero-order valence-electron chi connectivity index (χ0n) is 11.6. The summed E-state index contributed by atoms with van der Waals surface area (Å²) in [6.07, 6.45) is 1.08. The van der Waals surface area contributed by atoms with Crippen molar-refractivity contribution < 1.29 is 14.7 Å². The largest absolute Gasteiger partial charge is 0.480 e. The predicted molar refractivity (Wildman–Crippen MR) is 73.9 cm³/mol. The second-order valence-corrected chi connectivity index (χ2v) is 4.93. The molecule has 4 nitrogen and oxygen atoms in total. The lowest BCUT2D eigenvalue weighted by Gasteiger charge is -2.18. The van der Waals surface area contributed by atoms with Crippen molar-refractivity contribution in [3.8, 4) is 0 Å². The van der Waals surface area contributed by atoms with Gasteiger partial charge in [0.15, 0.2) is 0 Å². The van der Waals surface area contributed by atoms with Crippen LogP contribution in [0.5, 0.6) is 0 Å². The molecule has 104 valence electrons. The van der Waals surface area contributed by atoms with Crippen molar-refractivity contribution in [1.82, 2.24) is 5.32 Å². The lowest BCUT2D eigenvalue weighted by Crippen LogP contribution is -2.44. The average molecular weight is 263 g/mol. The van der Waals surface area contributed by atoms with E-state index in [0.717, 1.165) is 17.5 Å². The highest BCUT2D eigenvalue weighted by molar-refractivity contribution is 5.85. The maximum absolute atomic E-state index is 11.9. The maximum Gasteiger partial charge on any atom is 0.326 e. The highest BCUT2D eigenvalue weighted by Gasteiger charge is 2.23. The van der Waals surface area contributed by atoms with E-state index in [1.807, 2.05) is 31.2 Å². The van der Waals surface area contributed by atoms with Gasteiger partial charge in [-0.05, 0) is 23.5 Å². The van der Waals surface area contributed by atoms with Crippen LogP contribution in [0.2, 0.25) is 0 Å². The van der Waals surface area contributed by atoms with Crippen LogP contribution in [0.3, 0.4) is 0 Å². The molecule has 1 amide bonds. The Morgan fingerprint density at radius 2 is 1.79 bits per heavy atom. The molecule has 0 spiro atoms. The van der Waals surface area contributed by atoms with Crippen molar-refractivity contribution in [2.24, 2.45) is 5.92 Å². The first-order valence-corrected chi connectivity index (χ1v) is 6.54. The van der Waals surface area contributed by atoms with Crippen molar-refractivity contribution >= 4 is 11.9 Å². The third kappa shape index (κ3) is 4.39. The Bertz CT molecular complexity index is 454. The summed E-state index contributed by atoms with van der Waals surface area (Å²) in [6, 6.07) is 6.89. The van der Waals surface area contributed by atoms with Crippen LogP contribution in [0.1, 0.15) is 31.9 Å². The Hall–Kier alpha value is -1.84. The van der Waals surface area contributed by atoms with Crippen molar-refractivity contribution in [2.45, 2.75) is 39.7 Å². The molecule has 0 saturated carbocycles. The van der Waals surface area contributed by atoms with Crippen LogP contribution in [0.15, 0.2) is 24.3 Å². The molecule has 1 rings (SSSR count). The lowest BCUT2D eigenvalue weighted by molar-refractivity contribution is -0.143. The van der Waals surface area contributed by atoms with Gasteiger partial charge in [-0.25, -0.2) is 4.79 Å². The number of amides is 1. The van der Waals surface area contributed by atoms with E-state index in [4.69, 9.17) is 5.11 Å². The molecule has 0 aromatic heterocycles. The normalized spacial score (nSPS) is 12.2. The number of aryl methyl sites for hydroxylation is 1. The molecule has 2 N–H and O–H groups in total. The number of hydrogen-bond donors (Lipinski definition) is 2. The number of rotatable bonds is 6. The highest BCUT2D eigenvalue weighted by atomic mass is 16.4. The van der Waals surface area contributed by atoms with Gasteiger partial charge in [-0.2, -0.15) is 0 Å². The van der Waals surface area contributed by atoms with Gasteiger partial charge in [-0.3, -0.25) is 4.79 Å². The number of benzene rings is 1. The smallest absolute Gasteiger partial charge is 0.326 e. The summed E-state index contributed by atoms with van der Waals surface area (Å²) in [4.78, 5) is 23.0. The topological polar surface area (TPSA) is 66.4 Å². The van der Waals surface area contributed by atoms with E-state index < -0.39 is 12.0 Å². The molecule has 0 bridgehead atoms. The predicted octanol–water partition coefficient (Wildman–Crippen LogP) is 2.02. The van der Waals surface area contributed by atoms with Crippen LogP contribution >= 0.6 is 0 Å². The Morgan fingerprint density at radius 3 is 2.26 bits per heavy atom. The summed E-state index contributed by atoms with van der Waals surface area (Å²) in [5, 5.41) is 11.6. The minimum atomic E-state index is -0.993. The molecule has 19 heavy (non-hydrogen) atoms. The van der Waals surface area contributed by atoms with Crippen LogP contribution in [-0.4, -0.2) is 23.0 Å². The van der Waals surface area contributed by atoms with E-state index in [1.54, 1.807) is 13.8 Å². The summed E-state index contributed by atoms with van der Waals surface area (Å²) >= 11 is 0. The number of carbonyl (C=O) groups is 2. The molecule has 0 unspecified atom stereocenters. The Labute approximate surface area is 113 Å². The van der Waals surface area contributed by atoms with E-state index in [0.29, 0.717) is 0 Å². The SMILES string of the molecule is CCc1ccccc1CC(=O)N[C@@H](C(=O)O)C(C)C. The first-order chi connectivity index (χ1) is 8.95. The van der Waals surface area contributed by atoms with Gasteiger partial charge >= 0.3 is 5.97 Å². The zero-order valence-corrected chi connectivity index (χ0v) is 11.6. The standard InChI is InChI=1S/C15H21NO3/c1-4-11-7-5-6-8-12(11)9-13(17)16-14(10(2)3)15(18)19/h5-8,10,14H,4,9H2,1-3H3,(H,16,17)(H,18,19)/t14-/m1/s1. The van der Waals surface area contributed by atoms with Crippen molar-refractivity contribution in [3.63, 3.8) is 0 Å². The molecule has 1 aromatic carbocycles. The Balaban J connectivity index is 2.72. The minimum absolute atomic E-state index is 0.136.